The van der Waals surface area contributed by atoms with Crippen molar-refractivity contribution in [2.45, 2.75) is 65.7 Å². The van der Waals surface area contributed by atoms with Crippen LogP contribution >= 0.6 is 0 Å². The van der Waals surface area contributed by atoms with Crippen LogP contribution in [0.2, 0.25) is 0 Å². The van der Waals surface area contributed by atoms with Crippen molar-refractivity contribution in [3.8, 4) is 0 Å². The normalized spacial score (nSPS) is 12.0. The Kier molecular flexibility index (Phi) is 20.7. The largest absolute Gasteiger partial charge is 4.00 e. The molecule has 1 aliphatic carbocycles. The number of hydrogen-bond acceptors (Lipinski definition) is 0. The quantitative estimate of drug-likeness (QED) is 0.0697. The van der Waals surface area contributed by atoms with Crippen LogP contribution in [-0.2, 0) is 60.2 Å². The molecule has 5 heteroatoms. The van der Waals surface area contributed by atoms with Crippen LogP contribution in [0.4, 0.5) is 0 Å². The van der Waals surface area contributed by atoms with Crippen LogP contribution in [0.5, 0.6) is 0 Å². The third-order valence-corrected chi connectivity index (χ3v) is 18.7. The zero-order chi connectivity index (χ0) is 47.8. The van der Waals surface area contributed by atoms with E-state index in [1.54, 1.807) is 0 Å². The molecular weight excluding hydrogens is 1010 g/mol. The van der Waals surface area contributed by atoms with Crippen molar-refractivity contribution in [3.63, 3.8) is 0 Å². The minimum atomic E-state index is -3.29. The van der Waals surface area contributed by atoms with Crippen molar-refractivity contribution in [2.24, 2.45) is 5.41 Å². The van der Waals surface area contributed by atoms with Crippen LogP contribution in [-0.4, -0.2) is 8.07 Å². The summed E-state index contributed by atoms with van der Waals surface area (Å²) in [4.78, 5) is 0. The van der Waals surface area contributed by atoms with Crippen molar-refractivity contribution in [1.82, 2.24) is 0 Å². The molecule has 0 aliphatic heterocycles. The molecule has 0 amide bonds. The monoisotopic (exact) mass is 1070 g/mol. The van der Waals surface area contributed by atoms with E-state index in [1.807, 2.05) is 0 Å². The predicted octanol–water partition coefficient (Wildman–Crippen LogP) is 5.36. The molecule has 74 heavy (non-hydrogen) atoms. The standard InChI is InChI=1S/C69H63Si.3ClH.Ti/c1-69(2,3)67-35-22-36-68(67)70(64-46-58(37-52-23-10-4-11-24-52)43-59(47-64)38-53-25-12-5-13-26-53,65-48-60(39-54-27-14-6-15-28-54)44-61(49-65)40-55-29-16-7-17-30-55)66-50-62(41-56-31-18-8-19-32-56)45-63(51-66)42-57-33-20-9-21-34-57;;;;/h4-21,23-34,36,43-51H,22,37-42H2,1-3H3;3*1H;/q-1;;;;+4/p-3. The first-order valence-electron chi connectivity index (χ1n) is 25.2. The zero-order valence-electron chi connectivity index (χ0n) is 42.7. The molecule has 0 unspecified atom stereocenters. The molecule has 368 valence electrons. The van der Waals surface area contributed by atoms with Gasteiger partial charge in [-0.2, -0.15) is 11.3 Å². The number of halogens is 3. The Bertz CT molecular complexity index is 2750. The maximum absolute atomic E-state index is 4.05. The van der Waals surface area contributed by atoms with E-state index in [0.29, 0.717) is 0 Å². The van der Waals surface area contributed by atoms with E-state index >= 15 is 0 Å². The van der Waals surface area contributed by atoms with E-state index in [4.69, 9.17) is 0 Å². The summed E-state index contributed by atoms with van der Waals surface area (Å²) < 4.78 is 0. The van der Waals surface area contributed by atoms with Crippen LogP contribution in [0, 0.1) is 11.5 Å². The maximum atomic E-state index is 4.05. The Morgan fingerprint density at radius 3 is 0.743 bits per heavy atom. The smallest absolute Gasteiger partial charge is 1.00 e. The summed E-state index contributed by atoms with van der Waals surface area (Å²) in [5, 5.41) is 5.79. The minimum absolute atomic E-state index is 0. The maximum Gasteiger partial charge on any atom is 4.00 e. The van der Waals surface area contributed by atoms with Crippen LogP contribution in [0.15, 0.2) is 253 Å². The van der Waals surface area contributed by atoms with Gasteiger partial charge in [-0.05, 0) is 111 Å². The van der Waals surface area contributed by atoms with Crippen LogP contribution in [0.1, 0.15) is 94.0 Å². The first-order chi connectivity index (χ1) is 34.2. The average molecular weight is 1070 g/mol. The predicted molar refractivity (Wildman–Crippen MR) is 298 cm³/mol. The van der Waals surface area contributed by atoms with Gasteiger partial charge in [0.15, 0.2) is 0 Å². The van der Waals surface area contributed by atoms with Crippen molar-refractivity contribution in [3.05, 3.63) is 326 Å². The molecule has 0 radical (unpaired) electrons. The van der Waals surface area contributed by atoms with E-state index in [2.05, 4.69) is 270 Å². The van der Waals surface area contributed by atoms with Gasteiger partial charge in [-0.1, -0.05) is 273 Å². The van der Waals surface area contributed by atoms with Gasteiger partial charge in [0, 0.05) is 0 Å². The fraction of sp³-hybridized carbons (Fsp3) is 0.159. The van der Waals surface area contributed by atoms with Gasteiger partial charge in [0.25, 0.3) is 0 Å². The first kappa shape index (κ1) is 57.5. The zero-order valence-corrected chi connectivity index (χ0v) is 47.5. The molecule has 0 aromatic heterocycles. The van der Waals surface area contributed by atoms with E-state index in [1.165, 1.54) is 93.1 Å². The Hall–Kier alpha value is -5.74. The minimum Gasteiger partial charge on any atom is -1.00 e. The van der Waals surface area contributed by atoms with Gasteiger partial charge in [0.2, 0.25) is 0 Å². The molecular formula is C69H63Cl3SiTi. The fourth-order valence-corrected chi connectivity index (χ4v) is 16.6. The molecule has 0 atom stereocenters. The summed E-state index contributed by atoms with van der Waals surface area (Å²) >= 11 is 0. The first-order valence-corrected chi connectivity index (χ1v) is 27.2. The number of hydrogen-bond donors (Lipinski definition) is 0. The van der Waals surface area contributed by atoms with Crippen LogP contribution in [0.3, 0.4) is 0 Å². The molecule has 1 aliphatic rings. The molecule has 10 rings (SSSR count). The van der Waals surface area contributed by atoms with E-state index in [0.717, 1.165) is 44.9 Å². The van der Waals surface area contributed by atoms with Gasteiger partial charge in [-0.25, -0.2) is 5.57 Å². The Balaban J connectivity index is 0.00000223. The number of allylic oxidation sites excluding steroid dienone is 4. The van der Waals surface area contributed by atoms with Crippen molar-refractivity contribution in [2.75, 3.05) is 0 Å². The topological polar surface area (TPSA) is 0 Å². The average Bonchev–Trinajstić information content (AvgIpc) is 3.88. The Labute approximate surface area is 476 Å². The van der Waals surface area contributed by atoms with E-state index in [-0.39, 0.29) is 64.4 Å². The van der Waals surface area contributed by atoms with E-state index in [9.17, 15) is 0 Å². The summed E-state index contributed by atoms with van der Waals surface area (Å²) in [5.41, 5.74) is 17.3. The van der Waals surface area contributed by atoms with Crippen molar-refractivity contribution >= 4 is 23.6 Å². The van der Waals surface area contributed by atoms with Crippen molar-refractivity contribution in [1.29, 1.82) is 0 Å². The van der Waals surface area contributed by atoms with Gasteiger partial charge in [0.1, 0.15) is 0 Å². The summed E-state index contributed by atoms with van der Waals surface area (Å²) in [6.07, 6.45) is 12.6. The second kappa shape index (κ2) is 26.7. The van der Waals surface area contributed by atoms with Gasteiger partial charge in [0.05, 0.1) is 8.07 Å². The Morgan fingerprint density at radius 2 is 0.541 bits per heavy atom. The summed E-state index contributed by atoms with van der Waals surface area (Å²) in [6, 6.07) is 89.7. The molecule has 0 spiro atoms. The second-order valence-corrected chi connectivity index (χ2v) is 24.2. The molecule has 0 heterocycles. The molecule has 0 bridgehead atoms. The second-order valence-electron chi connectivity index (χ2n) is 20.5. The van der Waals surface area contributed by atoms with Gasteiger partial charge in [-0.15, -0.1) is 6.42 Å². The third kappa shape index (κ3) is 13.9. The molecule has 0 N–H and O–H groups in total. The molecule has 9 aromatic rings. The SMILES string of the molecule is CC(C)(C)C1=[C-]CC=C1[Si](c1cc(Cc2ccccc2)cc(Cc2ccccc2)c1)(c1cc(Cc2ccccc2)cc(Cc2ccccc2)c1)c1cc(Cc2ccccc2)cc(Cc2ccccc2)c1.[Cl-].[Cl-].[Cl-].[Ti+4]. The van der Waals surface area contributed by atoms with E-state index < -0.39 is 8.07 Å². The number of rotatable bonds is 16. The molecule has 0 fully saturated rings. The molecule has 0 nitrogen and oxygen atoms in total. The fourth-order valence-electron chi connectivity index (χ4n) is 11.0. The van der Waals surface area contributed by atoms with Gasteiger partial charge < -0.3 is 37.2 Å². The van der Waals surface area contributed by atoms with Crippen LogP contribution < -0.4 is 52.8 Å². The summed E-state index contributed by atoms with van der Waals surface area (Å²) in [5.74, 6) is 0. The number of benzene rings is 9. The van der Waals surface area contributed by atoms with Gasteiger partial charge >= 0.3 is 21.7 Å². The summed E-state index contributed by atoms with van der Waals surface area (Å²) in [7, 11) is -3.29. The van der Waals surface area contributed by atoms with Crippen molar-refractivity contribution < 1.29 is 58.9 Å². The molecule has 0 saturated heterocycles. The Morgan fingerprint density at radius 1 is 0.324 bits per heavy atom. The molecule has 9 aromatic carbocycles. The summed E-state index contributed by atoms with van der Waals surface area (Å²) in [6.45, 7) is 7.21. The van der Waals surface area contributed by atoms with Gasteiger partial charge in [-0.3, -0.25) is 6.08 Å². The van der Waals surface area contributed by atoms with Crippen LogP contribution in [0.25, 0.3) is 0 Å². The molecule has 0 saturated carbocycles. The third-order valence-electron chi connectivity index (χ3n) is 14.0.